The molecule has 1 aliphatic carbocycles. The Hall–Kier alpha value is -2.87. The minimum atomic E-state index is -0.821. The molecule has 8 heteroatoms. The molecule has 1 fully saturated rings. The summed E-state index contributed by atoms with van der Waals surface area (Å²) in [5.41, 5.74) is -0.567. The second kappa shape index (κ2) is 7.79. The van der Waals surface area contributed by atoms with Gasteiger partial charge in [-0.15, -0.1) is 0 Å². The number of alkyl carbamates (subject to hydrolysis) is 1. The Kier molecular flexibility index (Phi) is 5.46. The first-order chi connectivity index (χ1) is 12.8. The number of aromatic amines is 1. The van der Waals surface area contributed by atoms with Crippen molar-refractivity contribution in [3.8, 4) is 0 Å². The van der Waals surface area contributed by atoms with E-state index in [1.165, 1.54) is 10.8 Å². The molecule has 0 radical (unpaired) electrons. The van der Waals surface area contributed by atoms with Crippen molar-refractivity contribution in [2.45, 2.75) is 51.0 Å². The topological polar surface area (TPSA) is 113 Å². The zero-order valence-electron chi connectivity index (χ0n) is 15.1. The Labute approximate surface area is 155 Å². The van der Waals surface area contributed by atoms with Crippen molar-refractivity contribution in [1.82, 2.24) is 14.9 Å². The second-order valence-corrected chi connectivity index (χ2v) is 7.06. The lowest BCUT2D eigenvalue weighted by Crippen LogP contribution is -2.44. The number of benzene rings is 1. The molecule has 144 valence electrons. The molecule has 1 heterocycles. The van der Waals surface area contributed by atoms with Crippen molar-refractivity contribution < 1.29 is 14.6 Å². The monoisotopic (exact) mass is 373 g/mol. The van der Waals surface area contributed by atoms with Crippen molar-refractivity contribution in [3.63, 3.8) is 0 Å². The Balaban J connectivity index is 1.66. The maximum Gasteiger partial charge on any atom is 0.407 e. The van der Waals surface area contributed by atoms with Gasteiger partial charge >= 0.3 is 11.8 Å². The Bertz CT molecular complexity index is 915. The van der Waals surface area contributed by atoms with Crippen LogP contribution in [0.2, 0.25) is 0 Å². The summed E-state index contributed by atoms with van der Waals surface area (Å²) in [5.74, 6) is 0. The number of hydrogen-bond donors (Lipinski definition) is 3. The molecule has 0 bridgehead atoms. The Morgan fingerprint density at radius 1 is 1.33 bits per heavy atom. The third-order valence-electron chi connectivity index (χ3n) is 4.59. The van der Waals surface area contributed by atoms with Gasteiger partial charge in [-0.2, -0.15) is 0 Å². The molecule has 3 N–H and O–H groups in total. The van der Waals surface area contributed by atoms with E-state index in [1.54, 1.807) is 6.92 Å². The van der Waals surface area contributed by atoms with E-state index < -0.39 is 29.0 Å². The van der Waals surface area contributed by atoms with Gasteiger partial charge in [-0.05, 0) is 31.7 Å². The number of H-pyrrole nitrogens is 1. The van der Waals surface area contributed by atoms with E-state index in [4.69, 9.17) is 4.74 Å². The first-order valence-electron chi connectivity index (χ1n) is 8.85. The zero-order chi connectivity index (χ0) is 19.4. The van der Waals surface area contributed by atoms with Crippen LogP contribution in [0.3, 0.4) is 0 Å². The van der Waals surface area contributed by atoms with Crippen LogP contribution in [0.15, 0.2) is 46.1 Å². The summed E-state index contributed by atoms with van der Waals surface area (Å²) >= 11 is 0. The van der Waals surface area contributed by atoms with Crippen LogP contribution < -0.4 is 16.6 Å². The number of amides is 1. The third-order valence-corrected chi connectivity index (χ3v) is 4.59. The van der Waals surface area contributed by atoms with E-state index in [1.807, 2.05) is 30.3 Å². The number of rotatable bonds is 7. The molecule has 3 rings (SSSR count). The van der Waals surface area contributed by atoms with Gasteiger partial charge in [-0.1, -0.05) is 30.3 Å². The van der Waals surface area contributed by atoms with E-state index >= 15 is 0 Å². The minimum Gasteiger partial charge on any atom is -0.445 e. The smallest absolute Gasteiger partial charge is 0.407 e. The molecule has 8 nitrogen and oxygen atoms in total. The predicted molar refractivity (Wildman–Crippen MR) is 98.4 cm³/mol. The zero-order valence-corrected chi connectivity index (χ0v) is 15.1. The van der Waals surface area contributed by atoms with Crippen molar-refractivity contribution in [3.05, 3.63) is 68.5 Å². The Morgan fingerprint density at radius 2 is 2.04 bits per heavy atom. The van der Waals surface area contributed by atoms with Crippen LogP contribution in [-0.4, -0.2) is 32.4 Å². The number of nitrogens with zero attached hydrogens (tertiary/aromatic N) is 1. The predicted octanol–water partition coefficient (Wildman–Crippen LogP) is 1.06. The van der Waals surface area contributed by atoms with Crippen LogP contribution in [0.4, 0.5) is 4.79 Å². The highest BCUT2D eigenvalue weighted by molar-refractivity contribution is 5.67. The lowest BCUT2D eigenvalue weighted by atomic mass is 10.1. The molecule has 0 saturated heterocycles. The third kappa shape index (κ3) is 5.30. The number of aliphatic hydroxyl groups is 1. The van der Waals surface area contributed by atoms with Gasteiger partial charge in [0, 0.05) is 18.3 Å². The van der Waals surface area contributed by atoms with Gasteiger partial charge in [0.1, 0.15) is 6.61 Å². The summed E-state index contributed by atoms with van der Waals surface area (Å²) < 4.78 is 6.55. The summed E-state index contributed by atoms with van der Waals surface area (Å²) in [4.78, 5) is 37.9. The molecule has 1 amide bonds. The lowest BCUT2D eigenvalue weighted by Gasteiger charge is -2.22. The van der Waals surface area contributed by atoms with E-state index in [9.17, 15) is 19.5 Å². The number of aryl methyl sites for hydroxylation is 1. The van der Waals surface area contributed by atoms with E-state index in [-0.39, 0.29) is 13.2 Å². The van der Waals surface area contributed by atoms with Crippen molar-refractivity contribution in [1.29, 1.82) is 0 Å². The molecular formula is C19H23N3O5. The average molecular weight is 373 g/mol. The maximum absolute atomic E-state index is 12.2. The molecule has 27 heavy (non-hydrogen) atoms. The number of aromatic nitrogens is 2. The van der Waals surface area contributed by atoms with Crippen molar-refractivity contribution >= 4 is 6.09 Å². The molecule has 1 aliphatic rings. The van der Waals surface area contributed by atoms with Gasteiger partial charge in [0.25, 0.3) is 5.56 Å². The molecular weight excluding hydrogens is 350 g/mol. The van der Waals surface area contributed by atoms with Crippen molar-refractivity contribution in [2.75, 3.05) is 0 Å². The highest BCUT2D eigenvalue weighted by Crippen LogP contribution is 2.39. The van der Waals surface area contributed by atoms with Gasteiger partial charge in [-0.3, -0.25) is 14.3 Å². The molecule has 1 saturated carbocycles. The van der Waals surface area contributed by atoms with Crippen LogP contribution in [0.25, 0.3) is 0 Å². The van der Waals surface area contributed by atoms with Crippen LogP contribution in [0, 0.1) is 6.92 Å². The minimum absolute atomic E-state index is 0.124. The average Bonchev–Trinajstić information content (AvgIpc) is 3.35. The van der Waals surface area contributed by atoms with E-state index in [0.29, 0.717) is 24.8 Å². The highest BCUT2D eigenvalue weighted by atomic mass is 16.5. The van der Waals surface area contributed by atoms with Gasteiger partial charge in [0.05, 0.1) is 11.6 Å². The molecule has 2 aromatic rings. The van der Waals surface area contributed by atoms with Gasteiger partial charge < -0.3 is 15.2 Å². The largest absolute Gasteiger partial charge is 0.445 e. The molecule has 1 atom stereocenters. The first kappa shape index (κ1) is 18.9. The summed E-state index contributed by atoms with van der Waals surface area (Å²) in [6.07, 6.45) is 2.44. The first-order valence-corrected chi connectivity index (χ1v) is 8.85. The van der Waals surface area contributed by atoms with Crippen molar-refractivity contribution in [2.24, 2.45) is 0 Å². The van der Waals surface area contributed by atoms with Gasteiger partial charge in [-0.25, -0.2) is 9.59 Å². The summed E-state index contributed by atoms with van der Waals surface area (Å²) in [6, 6.07) is 8.77. The molecule has 1 aromatic carbocycles. The second-order valence-electron chi connectivity index (χ2n) is 7.06. The summed E-state index contributed by atoms with van der Waals surface area (Å²) in [5, 5.41) is 12.9. The fraction of sp³-hybridized carbons (Fsp3) is 0.421. The summed E-state index contributed by atoms with van der Waals surface area (Å²) in [7, 11) is 0. The fourth-order valence-electron chi connectivity index (χ4n) is 2.89. The van der Waals surface area contributed by atoms with Gasteiger partial charge in [0.2, 0.25) is 0 Å². The van der Waals surface area contributed by atoms with Crippen LogP contribution in [0.5, 0.6) is 0 Å². The Morgan fingerprint density at radius 3 is 2.70 bits per heavy atom. The number of carbonyl (C=O) groups is 1. The quantitative estimate of drug-likeness (QED) is 0.671. The van der Waals surface area contributed by atoms with Crippen LogP contribution in [-0.2, 0) is 17.9 Å². The standard InChI is InChI=1S/C19H23N3O5/c1-13-10-22(17(24)21-16(13)23)11-15(9-19(26)7-8-19)20-18(25)27-12-14-5-3-2-4-6-14/h2-6,10,15,26H,7-9,11-12H2,1H3,(H,20,25)(H,21,23,24). The maximum atomic E-state index is 12.2. The molecule has 1 unspecified atom stereocenters. The normalized spacial score (nSPS) is 15.8. The molecule has 0 aliphatic heterocycles. The van der Waals surface area contributed by atoms with Gasteiger partial charge in [0.15, 0.2) is 0 Å². The van der Waals surface area contributed by atoms with E-state index in [2.05, 4.69) is 10.3 Å². The highest BCUT2D eigenvalue weighted by Gasteiger charge is 2.42. The number of hydrogen-bond acceptors (Lipinski definition) is 5. The lowest BCUT2D eigenvalue weighted by molar-refractivity contribution is 0.108. The molecule has 1 aromatic heterocycles. The summed E-state index contributed by atoms with van der Waals surface area (Å²) in [6.45, 7) is 1.85. The number of nitrogens with one attached hydrogen (secondary N) is 2. The van der Waals surface area contributed by atoms with Crippen LogP contribution >= 0.6 is 0 Å². The number of carbonyl (C=O) groups excluding carboxylic acids is 1. The molecule has 0 spiro atoms. The van der Waals surface area contributed by atoms with Crippen LogP contribution in [0.1, 0.15) is 30.4 Å². The van der Waals surface area contributed by atoms with E-state index in [0.717, 1.165) is 5.56 Å². The number of ether oxygens (including phenoxy) is 1. The SMILES string of the molecule is Cc1cn(CC(CC2(O)CC2)NC(=O)OCc2ccccc2)c(=O)[nH]c1=O. The fourth-order valence-corrected chi connectivity index (χ4v) is 2.89.